The largest absolute Gasteiger partial charge is 0.390 e. The SMILES string of the molecule is C=CCCC1(O)CC2CCCC(C1)N2C. The third-order valence-electron chi connectivity index (χ3n) is 4.27. The van der Waals surface area contributed by atoms with Crippen molar-refractivity contribution in [1.82, 2.24) is 4.90 Å². The Morgan fingerprint density at radius 1 is 1.40 bits per heavy atom. The molecule has 0 aromatic rings. The molecule has 86 valence electrons. The summed E-state index contributed by atoms with van der Waals surface area (Å²) < 4.78 is 0. The second-order valence-corrected chi connectivity index (χ2v) is 5.36. The van der Waals surface area contributed by atoms with Crippen LogP contribution in [0.4, 0.5) is 0 Å². The summed E-state index contributed by atoms with van der Waals surface area (Å²) in [6, 6.07) is 1.24. The van der Waals surface area contributed by atoms with Gasteiger partial charge in [-0.1, -0.05) is 12.5 Å². The average molecular weight is 209 g/mol. The Bertz CT molecular complexity index is 225. The highest BCUT2D eigenvalue weighted by Gasteiger charge is 2.43. The molecule has 2 bridgehead atoms. The Hall–Kier alpha value is -0.340. The van der Waals surface area contributed by atoms with E-state index in [0.717, 1.165) is 25.7 Å². The predicted molar refractivity (Wildman–Crippen MR) is 62.8 cm³/mol. The summed E-state index contributed by atoms with van der Waals surface area (Å²) in [5, 5.41) is 10.6. The molecule has 0 aliphatic carbocycles. The first-order chi connectivity index (χ1) is 7.14. The second kappa shape index (κ2) is 4.26. The van der Waals surface area contributed by atoms with Crippen LogP contribution in [0.15, 0.2) is 12.7 Å². The lowest BCUT2D eigenvalue weighted by molar-refractivity contribution is -0.0862. The first kappa shape index (κ1) is 11.2. The Morgan fingerprint density at radius 3 is 2.53 bits per heavy atom. The molecular formula is C13H23NO. The van der Waals surface area contributed by atoms with Crippen molar-refractivity contribution in [3.63, 3.8) is 0 Å². The zero-order valence-electron chi connectivity index (χ0n) is 9.78. The molecule has 0 aromatic heterocycles. The lowest BCUT2D eigenvalue weighted by Crippen LogP contribution is -2.56. The number of allylic oxidation sites excluding steroid dienone is 1. The van der Waals surface area contributed by atoms with Gasteiger partial charge in [0.2, 0.25) is 0 Å². The van der Waals surface area contributed by atoms with E-state index < -0.39 is 5.60 Å². The van der Waals surface area contributed by atoms with E-state index in [-0.39, 0.29) is 0 Å². The Morgan fingerprint density at radius 2 is 2.00 bits per heavy atom. The number of hydrogen-bond donors (Lipinski definition) is 1. The molecule has 0 amide bonds. The highest BCUT2D eigenvalue weighted by molar-refractivity contribution is 4.99. The second-order valence-electron chi connectivity index (χ2n) is 5.36. The molecule has 2 unspecified atom stereocenters. The van der Waals surface area contributed by atoms with Crippen molar-refractivity contribution in [3.8, 4) is 0 Å². The van der Waals surface area contributed by atoms with Crippen LogP contribution >= 0.6 is 0 Å². The maximum Gasteiger partial charge on any atom is 0.0680 e. The molecule has 2 atom stereocenters. The molecule has 2 heterocycles. The van der Waals surface area contributed by atoms with Gasteiger partial charge in [0, 0.05) is 12.1 Å². The Labute approximate surface area is 93.0 Å². The minimum absolute atomic E-state index is 0.406. The average Bonchev–Trinajstić information content (AvgIpc) is 2.18. The third kappa shape index (κ3) is 2.26. The fourth-order valence-electron chi connectivity index (χ4n) is 3.32. The van der Waals surface area contributed by atoms with Crippen LogP contribution in [0.25, 0.3) is 0 Å². The van der Waals surface area contributed by atoms with Crippen LogP contribution < -0.4 is 0 Å². The topological polar surface area (TPSA) is 23.5 Å². The molecule has 2 saturated heterocycles. The fraction of sp³-hybridized carbons (Fsp3) is 0.846. The van der Waals surface area contributed by atoms with Crippen LogP contribution in [0.2, 0.25) is 0 Å². The van der Waals surface area contributed by atoms with E-state index in [0.29, 0.717) is 12.1 Å². The monoisotopic (exact) mass is 209 g/mol. The van der Waals surface area contributed by atoms with Crippen LogP contribution in [-0.4, -0.2) is 34.7 Å². The van der Waals surface area contributed by atoms with Crippen molar-refractivity contribution in [1.29, 1.82) is 0 Å². The molecule has 0 aromatic carbocycles. The van der Waals surface area contributed by atoms with Gasteiger partial charge in [0.15, 0.2) is 0 Å². The van der Waals surface area contributed by atoms with E-state index in [1.807, 2.05) is 6.08 Å². The number of aliphatic hydroxyl groups is 1. The number of hydrogen-bond acceptors (Lipinski definition) is 2. The number of rotatable bonds is 3. The lowest BCUT2D eigenvalue weighted by atomic mass is 9.74. The van der Waals surface area contributed by atoms with Gasteiger partial charge in [-0.25, -0.2) is 0 Å². The van der Waals surface area contributed by atoms with Gasteiger partial charge in [-0.05, 0) is 45.6 Å². The minimum atomic E-state index is -0.406. The van der Waals surface area contributed by atoms with Gasteiger partial charge in [0.25, 0.3) is 0 Å². The number of piperidine rings is 2. The van der Waals surface area contributed by atoms with Crippen molar-refractivity contribution in [2.75, 3.05) is 7.05 Å². The van der Waals surface area contributed by atoms with Crippen molar-refractivity contribution in [3.05, 3.63) is 12.7 Å². The molecule has 1 N–H and O–H groups in total. The van der Waals surface area contributed by atoms with Gasteiger partial charge in [0.1, 0.15) is 0 Å². The molecule has 0 spiro atoms. The highest BCUT2D eigenvalue weighted by Crippen LogP contribution is 2.40. The molecule has 2 heteroatoms. The normalized spacial score (nSPS) is 41.5. The van der Waals surface area contributed by atoms with Crippen molar-refractivity contribution >= 4 is 0 Å². The molecule has 2 nitrogen and oxygen atoms in total. The van der Waals surface area contributed by atoms with Crippen molar-refractivity contribution in [2.45, 2.75) is 62.6 Å². The zero-order valence-corrected chi connectivity index (χ0v) is 9.78. The van der Waals surface area contributed by atoms with Gasteiger partial charge in [-0.3, -0.25) is 0 Å². The van der Waals surface area contributed by atoms with Crippen molar-refractivity contribution < 1.29 is 5.11 Å². The van der Waals surface area contributed by atoms with Crippen molar-refractivity contribution in [2.24, 2.45) is 0 Å². The predicted octanol–water partition coefficient (Wildman–Crippen LogP) is 2.33. The van der Waals surface area contributed by atoms with E-state index in [2.05, 4.69) is 18.5 Å². The summed E-state index contributed by atoms with van der Waals surface area (Å²) >= 11 is 0. The smallest absolute Gasteiger partial charge is 0.0680 e. The molecule has 2 aliphatic heterocycles. The molecule has 0 radical (unpaired) electrons. The molecule has 2 rings (SSSR count). The summed E-state index contributed by atoms with van der Waals surface area (Å²) in [4.78, 5) is 2.49. The standard InChI is InChI=1S/C13H23NO/c1-3-4-8-13(15)9-11-6-5-7-12(10-13)14(11)2/h3,11-12,15H,1,4-10H2,2H3. The van der Waals surface area contributed by atoms with Gasteiger partial charge in [-0.2, -0.15) is 0 Å². The maximum absolute atomic E-state index is 10.6. The Balaban J connectivity index is 2.02. The van der Waals surface area contributed by atoms with E-state index in [4.69, 9.17) is 0 Å². The van der Waals surface area contributed by atoms with Gasteiger partial charge in [0.05, 0.1) is 5.60 Å². The van der Waals surface area contributed by atoms with Crippen LogP contribution in [0, 0.1) is 0 Å². The first-order valence-corrected chi connectivity index (χ1v) is 6.20. The van der Waals surface area contributed by atoms with Gasteiger partial charge >= 0.3 is 0 Å². The summed E-state index contributed by atoms with van der Waals surface area (Å²) in [5.74, 6) is 0. The van der Waals surface area contributed by atoms with E-state index in [9.17, 15) is 5.11 Å². The summed E-state index contributed by atoms with van der Waals surface area (Å²) in [6.45, 7) is 3.74. The van der Waals surface area contributed by atoms with Gasteiger partial charge in [-0.15, -0.1) is 6.58 Å². The zero-order chi connectivity index (χ0) is 10.9. The lowest BCUT2D eigenvalue weighted by Gasteiger charge is -2.50. The van der Waals surface area contributed by atoms with E-state index in [1.54, 1.807) is 0 Å². The summed E-state index contributed by atoms with van der Waals surface area (Å²) in [5.41, 5.74) is -0.406. The molecule has 15 heavy (non-hydrogen) atoms. The number of nitrogens with zero attached hydrogens (tertiary/aromatic N) is 1. The number of fused-ring (bicyclic) bond motifs is 2. The van der Waals surface area contributed by atoms with Crippen LogP contribution in [-0.2, 0) is 0 Å². The van der Waals surface area contributed by atoms with E-state index in [1.165, 1.54) is 19.3 Å². The summed E-state index contributed by atoms with van der Waals surface area (Å²) in [7, 11) is 2.22. The first-order valence-electron chi connectivity index (χ1n) is 6.20. The third-order valence-corrected chi connectivity index (χ3v) is 4.27. The molecular weight excluding hydrogens is 186 g/mol. The quantitative estimate of drug-likeness (QED) is 0.721. The molecule has 2 aliphatic rings. The highest BCUT2D eigenvalue weighted by atomic mass is 16.3. The minimum Gasteiger partial charge on any atom is -0.390 e. The van der Waals surface area contributed by atoms with E-state index >= 15 is 0 Å². The summed E-state index contributed by atoms with van der Waals surface area (Å²) in [6.07, 6.45) is 9.58. The van der Waals surface area contributed by atoms with Crippen LogP contribution in [0.1, 0.15) is 44.9 Å². The van der Waals surface area contributed by atoms with Crippen LogP contribution in [0.3, 0.4) is 0 Å². The molecule has 0 saturated carbocycles. The maximum atomic E-state index is 10.6. The van der Waals surface area contributed by atoms with Crippen LogP contribution in [0.5, 0.6) is 0 Å². The fourth-order valence-corrected chi connectivity index (χ4v) is 3.32. The van der Waals surface area contributed by atoms with Gasteiger partial charge < -0.3 is 10.0 Å². The molecule has 2 fully saturated rings. The Kier molecular flexibility index (Phi) is 3.17.